The first-order valence-corrected chi connectivity index (χ1v) is 51.4. The predicted molar refractivity (Wildman–Crippen MR) is 518 cm³/mol. The Labute approximate surface area is 833 Å². The van der Waals surface area contributed by atoms with Crippen molar-refractivity contribution in [3.05, 3.63) is 266 Å². The van der Waals surface area contributed by atoms with Gasteiger partial charge in [-0.15, -0.1) is 51.0 Å². The number of methoxy groups -OCH3 is 2. The molecule has 3 saturated heterocycles. The van der Waals surface area contributed by atoms with Crippen molar-refractivity contribution in [1.29, 1.82) is 5.26 Å². The van der Waals surface area contributed by atoms with Crippen LogP contribution in [0, 0.1) is 96.9 Å². The maximum absolute atomic E-state index is 14.3. The zero-order valence-electron chi connectivity index (χ0n) is 74.2. The second-order valence-electron chi connectivity index (χ2n) is 29.2. The van der Waals surface area contributed by atoms with Crippen LogP contribution >= 0.6 is 102 Å². The first kappa shape index (κ1) is 111. The smallest absolute Gasteiger partial charge is 0.571 e. The molecule has 26 nitrogen and oxygen atoms in total. The van der Waals surface area contributed by atoms with Crippen molar-refractivity contribution >= 4 is 211 Å². The molecule has 4 aromatic heterocycles. The standard InChI is InChI=1S/2C25H26ClFN2O4S2.C13H20N2O.C12H9ClFNO4S2.C6H3Cl2FO2S.C6H7NO2S.C2H3N.Na/c2*1-15-12-16(2)24(29-7-9-33-10-8-29)17(3)19(15)14-22(30)25-21(6-11-34-25)28-35(31,32)23-5-4-18(26)13-20(23)27;1-9-8-10(2)13(11(3)12(9)14)15-4-6-16-7-5-15;1-19-12(16)11-9(4-5-20-11)15-21(17,18)10-3-2-7(13)6-8(10)14;7-4-1-2-6(5(9)3-4)12(8,10)11;1-9-6(8)5-4(7)2-3-10-5;1-2-3;/h4-6,11-13H,7-10,14H2,1-3H3,(H,28,30);4-6,11-13,28H,7-10,14H2,1-3H3;8H,4-7,14H2,1-3H3;2-6,15H,1H3;1-3H;2-3H,7H2,1H3;1H3;/q;;;;;;;+1/p-1. The molecule has 6 N–H and O–H groups in total. The van der Waals surface area contributed by atoms with E-state index in [0.29, 0.717) is 37.0 Å². The maximum Gasteiger partial charge on any atom is 1.00 e. The third-order valence-corrected chi connectivity index (χ3v) is 30.3. The van der Waals surface area contributed by atoms with Crippen LogP contribution in [0.1, 0.15) is 107 Å². The third kappa shape index (κ3) is 29.9. The number of rotatable bonds is 21. The Morgan fingerprint density at radius 2 is 0.767 bits per heavy atom. The van der Waals surface area contributed by atoms with Gasteiger partial charge < -0.3 is 54.6 Å². The number of carbonyl (C=O) groups excluding carboxylic acids is 4. The van der Waals surface area contributed by atoms with Crippen molar-refractivity contribution < 1.29 is 124 Å². The summed E-state index contributed by atoms with van der Waals surface area (Å²) in [7, 11) is -9.40. The van der Waals surface area contributed by atoms with E-state index in [1.54, 1.807) is 28.3 Å². The number of ether oxygens (including phenoxy) is 5. The van der Waals surface area contributed by atoms with Crippen LogP contribution < -0.4 is 65.2 Å². The van der Waals surface area contributed by atoms with E-state index in [4.69, 9.17) is 88.0 Å². The van der Waals surface area contributed by atoms with E-state index in [1.807, 2.05) is 27.7 Å². The topological polar surface area (TPSA) is 375 Å². The second-order valence-corrected chi connectivity index (χ2v) is 42.0. The fourth-order valence-electron chi connectivity index (χ4n) is 14.2. The Morgan fingerprint density at radius 1 is 0.451 bits per heavy atom. The van der Waals surface area contributed by atoms with E-state index in [0.717, 1.165) is 197 Å². The number of Topliss-reactive ketones (excluding diaryl/α,β-unsaturated/α-hetero) is 2. The molecule has 3 aliphatic heterocycles. The number of aryl methyl sites for hydroxylation is 6. The summed E-state index contributed by atoms with van der Waals surface area (Å²) in [5, 5.41) is 14.2. The number of halogens is 9. The van der Waals surface area contributed by atoms with Gasteiger partial charge in [0.15, 0.2) is 11.6 Å². The Morgan fingerprint density at radius 3 is 1.14 bits per heavy atom. The number of nitrogen functional groups attached to an aromatic ring is 2. The number of sulfonamides is 3. The summed E-state index contributed by atoms with van der Waals surface area (Å²) in [4.78, 5) is 54.7. The Balaban J connectivity index is 0.000000228. The van der Waals surface area contributed by atoms with Gasteiger partial charge in [0.1, 0.15) is 57.7 Å². The molecule has 133 heavy (non-hydrogen) atoms. The van der Waals surface area contributed by atoms with Gasteiger partial charge in [0.2, 0.25) is 0 Å². The van der Waals surface area contributed by atoms with Crippen molar-refractivity contribution in [3.63, 3.8) is 0 Å². The zero-order valence-corrected chi connectivity index (χ0v) is 86.5. The number of morpholine rings is 3. The van der Waals surface area contributed by atoms with Crippen molar-refractivity contribution in [1.82, 2.24) is 0 Å². The molecule has 708 valence electrons. The summed E-state index contributed by atoms with van der Waals surface area (Å²) in [5.74, 6) is -5.39. The van der Waals surface area contributed by atoms with E-state index in [1.165, 1.54) is 103 Å². The molecular formula is C89H93Cl5F4N9NaO17S8. The van der Waals surface area contributed by atoms with Crippen LogP contribution in [0.5, 0.6) is 0 Å². The summed E-state index contributed by atoms with van der Waals surface area (Å²) in [6, 6.07) is 27.1. The fourth-order valence-corrected chi connectivity index (χ4v) is 22.3. The van der Waals surface area contributed by atoms with Crippen LogP contribution in [0.4, 0.5) is 63.1 Å². The second kappa shape index (κ2) is 50.4. The van der Waals surface area contributed by atoms with Crippen molar-refractivity contribution in [2.45, 2.75) is 102 Å². The number of anilines is 7. The first-order chi connectivity index (χ1) is 62.2. The number of carbonyl (C=O) groups is 4. The number of nitrogens with two attached hydrogens (primary N) is 2. The van der Waals surface area contributed by atoms with E-state index in [2.05, 4.69) is 91.2 Å². The van der Waals surface area contributed by atoms with Crippen LogP contribution in [-0.2, 0) is 75.6 Å². The molecule has 3 aliphatic rings. The average Bonchev–Trinajstić information content (AvgIpc) is 1.38. The van der Waals surface area contributed by atoms with Crippen molar-refractivity contribution in [3.8, 4) is 6.07 Å². The number of benzene rings is 7. The molecule has 11 aromatic rings. The number of nitrogens with one attached hydrogen (secondary N) is 2. The minimum Gasteiger partial charge on any atom is -0.571 e. The van der Waals surface area contributed by atoms with E-state index in [9.17, 15) is 70.4 Å². The number of hydrogen-bond donors (Lipinski definition) is 4. The zero-order chi connectivity index (χ0) is 97.6. The van der Waals surface area contributed by atoms with E-state index in [-0.39, 0.29) is 112 Å². The van der Waals surface area contributed by atoms with Crippen LogP contribution in [0.2, 0.25) is 20.1 Å². The molecule has 7 aromatic carbocycles. The molecule has 0 saturated carbocycles. The quantitative estimate of drug-likeness (QED) is 0.0130. The molecule has 0 unspecified atom stereocenters. The van der Waals surface area contributed by atoms with Gasteiger partial charge in [-0.05, 0) is 236 Å². The molecule has 7 heterocycles. The van der Waals surface area contributed by atoms with Gasteiger partial charge in [-0.25, -0.2) is 60.8 Å². The summed E-state index contributed by atoms with van der Waals surface area (Å²) in [6.45, 7) is 29.2. The Hall–Kier alpha value is -8.64. The molecule has 0 aliphatic carbocycles. The molecule has 3 fully saturated rings. The molecule has 44 heteroatoms. The van der Waals surface area contributed by atoms with Gasteiger partial charge >= 0.3 is 41.5 Å². The Bertz CT molecular complexity index is 6360. The maximum atomic E-state index is 14.3. The van der Waals surface area contributed by atoms with Crippen LogP contribution in [0.3, 0.4) is 0 Å². The fraction of sp³-hybridized carbons (Fsp3) is 0.292. The van der Waals surface area contributed by atoms with E-state index < -0.39 is 87.9 Å². The van der Waals surface area contributed by atoms with Gasteiger partial charge in [0.05, 0.1) is 91.6 Å². The van der Waals surface area contributed by atoms with Crippen LogP contribution in [-0.4, -0.2) is 150 Å². The average molecular weight is 2090 g/mol. The molecule has 0 amide bonds. The Kier molecular flexibility index (Phi) is 42.2. The van der Waals surface area contributed by atoms with Gasteiger partial charge in [-0.2, -0.15) is 5.26 Å². The number of esters is 2. The monoisotopic (exact) mass is 2090 g/mol. The SMILES string of the molecule is CC#N.COC(=O)c1sccc1N.COC(=O)c1sccc1NS(=O)(=O)c1ccc(Cl)cc1F.Cc1cc(C)c(N2CCOCC2)c(C)c1CC(=O)c1sccc1NS(=O)(=O)c1ccc(Cl)cc1F.Cc1cc(C)c(N2CCOCC2)c(C)c1CC(=O)c1sccc1[N-]S(=O)(=O)c1ccc(Cl)cc1F.Cc1cc(C)c(N2CCOCC2)c(C)c1N.O=S(=O)(Cl)c1ccc(Cl)cc1F.[Na+]. The molecule has 0 atom stereocenters. The largest absolute Gasteiger partial charge is 1.00 e. The van der Waals surface area contributed by atoms with Gasteiger partial charge in [0.25, 0.3) is 29.1 Å². The first-order valence-electron chi connectivity index (χ1n) is 39.6. The molecule has 0 spiro atoms. The summed E-state index contributed by atoms with van der Waals surface area (Å²) < 4.78 is 185. The van der Waals surface area contributed by atoms with Crippen molar-refractivity contribution in [2.75, 3.05) is 129 Å². The number of ketones is 2. The van der Waals surface area contributed by atoms with E-state index >= 15 is 0 Å². The third-order valence-electron chi connectivity index (χ3n) is 20.1. The molecular weight excluding hydrogens is 2000 g/mol. The number of nitrogens with zero attached hydrogens (tertiary/aromatic N) is 5. The minimum absolute atomic E-state index is 0. The molecule has 14 rings (SSSR count). The van der Waals surface area contributed by atoms with Gasteiger partial charge in [0, 0.05) is 113 Å². The number of nitriles is 1. The predicted octanol–water partition coefficient (Wildman–Crippen LogP) is 17.9. The molecule has 0 bridgehead atoms. The summed E-state index contributed by atoms with van der Waals surface area (Å²) >= 11 is 27.0. The summed E-state index contributed by atoms with van der Waals surface area (Å²) in [6.07, 6.45) is 0.230. The van der Waals surface area contributed by atoms with Crippen molar-refractivity contribution in [2.24, 2.45) is 0 Å². The number of hydrogen-bond acceptors (Lipinski definition) is 27. The molecule has 0 radical (unpaired) electrons. The van der Waals surface area contributed by atoms with Crippen LogP contribution in [0.15, 0.2) is 156 Å². The minimum atomic E-state index is -4.38. The normalized spacial score (nSPS) is 13.1. The van der Waals surface area contributed by atoms with Gasteiger partial charge in [-0.1, -0.05) is 70.7 Å². The number of thiophene rings is 4. The summed E-state index contributed by atoms with van der Waals surface area (Å²) in [5.41, 5.74) is 28.5. The van der Waals surface area contributed by atoms with Crippen LogP contribution in [0.25, 0.3) is 4.72 Å². The van der Waals surface area contributed by atoms with Gasteiger partial charge in [-0.3, -0.25) is 19.0 Å².